The maximum atomic E-state index is 13.5. The molecule has 1 saturated carbocycles. The number of halogens is 2. The first-order valence-electron chi connectivity index (χ1n) is 10.9. The highest BCUT2D eigenvalue weighted by Crippen LogP contribution is 2.35. The summed E-state index contributed by atoms with van der Waals surface area (Å²) < 4.78 is 54.7. The number of hydrogen-bond donors (Lipinski definition) is 3. The number of aromatic nitrogens is 4. The molecule has 0 amide bonds. The third kappa shape index (κ3) is 5.96. The summed E-state index contributed by atoms with van der Waals surface area (Å²) in [6.07, 6.45) is 1.94. The Bertz CT molecular complexity index is 1370. The van der Waals surface area contributed by atoms with Crippen molar-refractivity contribution < 1.29 is 36.4 Å². The van der Waals surface area contributed by atoms with Gasteiger partial charge >= 0.3 is 10.3 Å². The van der Waals surface area contributed by atoms with E-state index in [4.69, 9.17) is 5.14 Å². The smallest absolute Gasteiger partial charge is 0.333 e. The predicted molar refractivity (Wildman–Crippen MR) is 120 cm³/mol. The second-order valence-electron chi connectivity index (χ2n) is 8.58. The standard InChI is InChI=1S/C22H23F2N5O6S/c23-16-2-1-12(5-17(16)24)9-29-4-3-18(28-29)22(32)15-8-26-11-27-19(15)7-13-6-14(21(31)20(13)30)10-35-36(25,33)34/h1-5,8,11,13-14,20-21,30-31H,6-7,9-10H2,(H2,25,33,34)/t13-,14+,20-,21+/m0/s1. The van der Waals surface area contributed by atoms with Crippen LogP contribution in [-0.4, -0.2) is 63.0 Å². The molecule has 1 aliphatic carbocycles. The van der Waals surface area contributed by atoms with Crippen LogP contribution >= 0.6 is 0 Å². The third-order valence-electron chi connectivity index (χ3n) is 6.06. The largest absolute Gasteiger partial charge is 0.390 e. The van der Waals surface area contributed by atoms with Crippen molar-refractivity contribution in [1.29, 1.82) is 0 Å². The van der Waals surface area contributed by atoms with E-state index in [0.29, 0.717) is 11.3 Å². The summed E-state index contributed by atoms with van der Waals surface area (Å²) in [4.78, 5) is 21.2. The molecule has 1 aromatic carbocycles. The average Bonchev–Trinajstić information content (AvgIpc) is 3.40. The van der Waals surface area contributed by atoms with Gasteiger partial charge in [-0.15, -0.1) is 0 Å². The van der Waals surface area contributed by atoms with Crippen molar-refractivity contribution in [3.63, 3.8) is 0 Å². The zero-order valence-corrected chi connectivity index (χ0v) is 19.6. The van der Waals surface area contributed by atoms with Gasteiger partial charge in [-0.2, -0.15) is 13.5 Å². The first kappa shape index (κ1) is 25.9. The van der Waals surface area contributed by atoms with E-state index in [9.17, 15) is 32.2 Å². The van der Waals surface area contributed by atoms with Crippen molar-refractivity contribution in [3.05, 3.63) is 77.1 Å². The predicted octanol–water partition coefficient (Wildman–Crippen LogP) is 0.351. The summed E-state index contributed by atoms with van der Waals surface area (Å²) in [6, 6.07) is 4.93. The Morgan fingerprint density at radius 3 is 2.64 bits per heavy atom. The van der Waals surface area contributed by atoms with E-state index >= 15 is 0 Å². The molecule has 3 aromatic rings. The van der Waals surface area contributed by atoms with E-state index in [1.54, 1.807) is 0 Å². The van der Waals surface area contributed by atoms with Crippen LogP contribution in [0.3, 0.4) is 0 Å². The highest BCUT2D eigenvalue weighted by Gasteiger charge is 2.42. The van der Waals surface area contributed by atoms with Crippen LogP contribution in [0.25, 0.3) is 0 Å². The fourth-order valence-corrected chi connectivity index (χ4v) is 4.63. The van der Waals surface area contributed by atoms with Gasteiger partial charge in [0.1, 0.15) is 12.0 Å². The number of nitrogens with two attached hydrogens (primary N) is 1. The molecule has 1 aliphatic rings. The Hall–Kier alpha value is -3.17. The number of rotatable bonds is 9. The third-order valence-corrected chi connectivity index (χ3v) is 6.53. The summed E-state index contributed by atoms with van der Waals surface area (Å²) in [7, 11) is -4.20. The molecule has 0 unspecified atom stereocenters. The van der Waals surface area contributed by atoms with E-state index < -0.39 is 58.4 Å². The SMILES string of the molecule is NS(=O)(=O)OC[C@H]1C[C@@H](Cc2ncncc2C(=O)c2ccn(Cc3ccc(F)c(F)c3)n2)[C@H](O)[C@@H]1O. The topological polar surface area (TPSA) is 171 Å². The number of aliphatic hydroxyl groups is 2. The lowest BCUT2D eigenvalue weighted by molar-refractivity contribution is -0.00334. The van der Waals surface area contributed by atoms with Crippen molar-refractivity contribution in [2.75, 3.05) is 6.61 Å². The van der Waals surface area contributed by atoms with Crippen molar-refractivity contribution in [1.82, 2.24) is 19.7 Å². The van der Waals surface area contributed by atoms with Gasteiger partial charge in [-0.25, -0.2) is 23.9 Å². The van der Waals surface area contributed by atoms with Crippen molar-refractivity contribution in [2.45, 2.75) is 31.6 Å². The van der Waals surface area contributed by atoms with Crippen LogP contribution in [0.2, 0.25) is 0 Å². The Balaban J connectivity index is 1.47. The molecule has 0 aliphatic heterocycles. The van der Waals surface area contributed by atoms with E-state index in [1.807, 2.05) is 0 Å². The van der Waals surface area contributed by atoms with Gasteiger partial charge in [0.15, 0.2) is 11.6 Å². The molecule has 0 spiro atoms. The Morgan fingerprint density at radius 1 is 1.17 bits per heavy atom. The summed E-state index contributed by atoms with van der Waals surface area (Å²) in [6.45, 7) is -0.282. The number of nitrogens with zero attached hydrogens (tertiary/aromatic N) is 4. The van der Waals surface area contributed by atoms with Crippen molar-refractivity contribution >= 4 is 16.1 Å². The van der Waals surface area contributed by atoms with Crippen LogP contribution in [0.1, 0.15) is 33.7 Å². The zero-order chi connectivity index (χ0) is 26.0. The van der Waals surface area contributed by atoms with Gasteiger partial charge in [0, 0.05) is 18.3 Å². The van der Waals surface area contributed by atoms with Crippen LogP contribution in [0.4, 0.5) is 8.78 Å². The van der Waals surface area contributed by atoms with Gasteiger partial charge in [0.05, 0.1) is 36.6 Å². The Labute approximate surface area is 204 Å². The minimum atomic E-state index is -4.20. The highest BCUT2D eigenvalue weighted by atomic mass is 32.2. The normalized spacial score (nSPS) is 22.1. The van der Waals surface area contributed by atoms with Gasteiger partial charge in [-0.3, -0.25) is 13.7 Å². The van der Waals surface area contributed by atoms with Gasteiger partial charge in [-0.05, 0) is 42.5 Å². The highest BCUT2D eigenvalue weighted by molar-refractivity contribution is 7.84. The lowest BCUT2D eigenvalue weighted by Crippen LogP contribution is -2.31. The minimum absolute atomic E-state index is 0.0695. The molecule has 4 rings (SSSR count). The molecule has 36 heavy (non-hydrogen) atoms. The lowest BCUT2D eigenvalue weighted by Gasteiger charge is -2.17. The lowest BCUT2D eigenvalue weighted by atomic mass is 9.95. The molecule has 11 nitrogen and oxygen atoms in total. The van der Waals surface area contributed by atoms with E-state index in [1.165, 1.54) is 35.5 Å². The Morgan fingerprint density at radius 2 is 1.92 bits per heavy atom. The molecule has 0 saturated heterocycles. The summed E-state index contributed by atoms with van der Waals surface area (Å²) in [5, 5.41) is 29.8. The molecule has 1 fully saturated rings. The second kappa shape index (κ2) is 10.4. The van der Waals surface area contributed by atoms with E-state index in [-0.39, 0.29) is 30.6 Å². The van der Waals surface area contributed by atoms with Crippen LogP contribution in [0.5, 0.6) is 0 Å². The van der Waals surface area contributed by atoms with Crippen LogP contribution in [-0.2, 0) is 27.5 Å². The quantitative estimate of drug-likeness (QED) is 0.335. The van der Waals surface area contributed by atoms with Gasteiger partial charge in [0.25, 0.3) is 0 Å². The van der Waals surface area contributed by atoms with Crippen LogP contribution in [0.15, 0.2) is 43.0 Å². The van der Waals surface area contributed by atoms with Crippen LogP contribution in [0, 0.1) is 23.5 Å². The molecule has 2 heterocycles. The zero-order valence-electron chi connectivity index (χ0n) is 18.7. The molecule has 14 heteroatoms. The maximum absolute atomic E-state index is 13.5. The molecule has 4 N–H and O–H groups in total. The van der Waals surface area contributed by atoms with Crippen LogP contribution < -0.4 is 5.14 Å². The number of carbonyl (C=O) groups is 1. The van der Waals surface area contributed by atoms with Gasteiger partial charge < -0.3 is 10.2 Å². The molecular weight excluding hydrogens is 500 g/mol. The number of carbonyl (C=O) groups excluding carboxylic acids is 1. The number of ketones is 1. The first-order chi connectivity index (χ1) is 17.0. The monoisotopic (exact) mass is 523 g/mol. The number of benzene rings is 1. The number of aliphatic hydroxyl groups excluding tert-OH is 2. The summed E-state index contributed by atoms with van der Waals surface area (Å²) >= 11 is 0. The number of hydrogen-bond acceptors (Lipinski definition) is 9. The molecular formula is C22H23F2N5O6S. The van der Waals surface area contributed by atoms with Crippen molar-refractivity contribution in [2.24, 2.45) is 17.0 Å². The summed E-state index contributed by atoms with van der Waals surface area (Å²) in [5.41, 5.74) is 0.977. The van der Waals surface area contributed by atoms with Crippen molar-refractivity contribution in [3.8, 4) is 0 Å². The fourth-order valence-electron chi connectivity index (χ4n) is 4.27. The average molecular weight is 524 g/mol. The minimum Gasteiger partial charge on any atom is -0.390 e. The van der Waals surface area contributed by atoms with E-state index in [0.717, 1.165) is 12.1 Å². The molecule has 4 atom stereocenters. The first-order valence-corrected chi connectivity index (χ1v) is 12.3. The van der Waals surface area contributed by atoms with Gasteiger partial charge in [0.2, 0.25) is 5.78 Å². The molecule has 0 radical (unpaired) electrons. The van der Waals surface area contributed by atoms with Gasteiger partial charge in [-0.1, -0.05) is 6.07 Å². The fraction of sp³-hybridized carbons (Fsp3) is 0.364. The molecule has 192 valence electrons. The molecule has 2 aromatic heterocycles. The second-order valence-corrected chi connectivity index (χ2v) is 9.80. The maximum Gasteiger partial charge on any atom is 0.333 e. The molecule has 0 bridgehead atoms. The summed E-state index contributed by atoms with van der Waals surface area (Å²) in [5.74, 6) is -3.66. The van der Waals surface area contributed by atoms with E-state index in [2.05, 4.69) is 19.2 Å². The Kier molecular flexibility index (Phi) is 7.51.